The first-order valence-corrected chi connectivity index (χ1v) is 11.9. The number of thiophene rings is 1. The molecular formula is C18H17N3O3S3. The molecule has 0 saturated carbocycles. The van der Waals surface area contributed by atoms with Gasteiger partial charge < -0.3 is 0 Å². The van der Waals surface area contributed by atoms with Gasteiger partial charge in [0.25, 0.3) is 0 Å². The van der Waals surface area contributed by atoms with E-state index in [0.29, 0.717) is 24.2 Å². The van der Waals surface area contributed by atoms with E-state index < -0.39 is 10.0 Å². The van der Waals surface area contributed by atoms with Gasteiger partial charge in [-0.1, -0.05) is 11.8 Å². The summed E-state index contributed by atoms with van der Waals surface area (Å²) in [5, 5.41) is 2.77. The van der Waals surface area contributed by atoms with Gasteiger partial charge in [0, 0.05) is 12.1 Å². The molecule has 0 atom stereocenters. The van der Waals surface area contributed by atoms with Crippen LogP contribution in [-0.2, 0) is 16.4 Å². The molecule has 0 bridgehead atoms. The molecular weight excluding hydrogens is 402 g/mol. The van der Waals surface area contributed by atoms with Crippen LogP contribution in [0.15, 0.2) is 41.0 Å². The summed E-state index contributed by atoms with van der Waals surface area (Å²) in [6.07, 6.45) is 2.14. The van der Waals surface area contributed by atoms with Crippen molar-refractivity contribution in [2.75, 3.05) is 22.4 Å². The van der Waals surface area contributed by atoms with Crippen LogP contribution in [0.4, 0.5) is 5.69 Å². The van der Waals surface area contributed by atoms with E-state index in [1.165, 1.54) is 22.4 Å². The van der Waals surface area contributed by atoms with Crippen LogP contribution < -0.4 is 4.31 Å². The van der Waals surface area contributed by atoms with Crippen LogP contribution in [0.1, 0.15) is 22.8 Å². The summed E-state index contributed by atoms with van der Waals surface area (Å²) in [5.41, 5.74) is 3.09. The Morgan fingerprint density at radius 3 is 2.96 bits per heavy atom. The minimum absolute atomic E-state index is 0.00270. The monoisotopic (exact) mass is 419 g/mol. The molecule has 27 heavy (non-hydrogen) atoms. The third kappa shape index (κ3) is 3.46. The number of Topliss-reactive ketones (excluding diaryl/α,β-unsaturated/α-hetero) is 1. The van der Waals surface area contributed by atoms with Crippen LogP contribution in [0, 0.1) is 0 Å². The second-order valence-corrected chi connectivity index (χ2v) is 10.2. The Morgan fingerprint density at radius 1 is 1.30 bits per heavy atom. The summed E-state index contributed by atoms with van der Waals surface area (Å²) in [6, 6.07) is 7.22. The zero-order valence-electron chi connectivity index (χ0n) is 14.6. The fourth-order valence-electron chi connectivity index (χ4n) is 3.08. The molecule has 140 valence electrons. The van der Waals surface area contributed by atoms with E-state index in [1.54, 1.807) is 30.4 Å². The minimum atomic E-state index is -3.27. The van der Waals surface area contributed by atoms with Crippen LogP contribution in [0.25, 0.3) is 10.2 Å². The second-order valence-electron chi connectivity index (χ2n) is 6.09. The first-order chi connectivity index (χ1) is 13.0. The molecule has 0 amide bonds. The van der Waals surface area contributed by atoms with Crippen LogP contribution in [-0.4, -0.2) is 42.2 Å². The van der Waals surface area contributed by atoms with E-state index in [1.807, 2.05) is 17.5 Å². The number of nitrogens with zero attached hydrogens (tertiary/aromatic N) is 3. The SMILES string of the molecule is CCS(=O)(=O)N1CCc2cc(C(=O)CSc3ncnc4ccsc34)ccc21. The van der Waals surface area contributed by atoms with Gasteiger partial charge in [0.1, 0.15) is 11.4 Å². The van der Waals surface area contributed by atoms with Gasteiger partial charge in [-0.05, 0) is 48.6 Å². The van der Waals surface area contributed by atoms with Gasteiger partial charge in [-0.2, -0.15) is 0 Å². The smallest absolute Gasteiger partial charge is 0.234 e. The van der Waals surface area contributed by atoms with Crippen LogP contribution in [0.2, 0.25) is 0 Å². The van der Waals surface area contributed by atoms with Gasteiger partial charge in [-0.15, -0.1) is 11.3 Å². The van der Waals surface area contributed by atoms with Crippen molar-refractivity contribution in [1.29, 1.82) is 0 Å². The third-order valence-electron chi connectivity index (χ3n) is 4.51. The minimum Gasteiger partial charge on any atom is -0.293 e. The van der Waals surface area contributed by atoms with E-state index in [2.05, 4.69) is 9.97 Å². The Balaban J connectivity index is 1.51. The molecule has 0 radical (unpaired) electrons. The molecule has 1 aliphatic rings. The number of rotatable bonds is 6. The van der Waals surface area contributed by atoms with Crippen molar-refractivity contribution in [2.24, 2.45) is 0 Å². The normalized spacial score (nSPS) is 13.9. The average molecular weight is 420 g/mol. The molecule has 9 heteroatoms. The molecule has 1 aliphatic heterocycles. The van der Waals surface area contributed by atoms with Gasteiger partial charge in [0.15, 0.2) is 5.78 Å². The lowest BCUT2D eigenvalue weighted by atomic mass is 10.1. The van der Waals surface area contributed by atoms with Gasteiger partial charge in [-0.25, -0.2) is 18.4 Å². The summed E-state index contributed by atoms with van der Waals surface area (Å²) in [6.45, 7) is 2.08. The zero-order valence-corrected chi connectivity index (χ0v) is 17.0. The molecule has 0 fully saturated rings. The Morgan fingerprint density at radius 2 is 2.15 bits per heavy atom. The topological polar surface area (TPSA) is 80.2 Å². The molecule has 3 heterocycles. The Hall–Kier alpha value is -1.97. The maximum absolute atomic E-state index is 12.6. The van der Waals surface area contributed by atoms with Crippen molar-refractivity contribution < 1.29 is 13.2 Å². The summed E-state index contributed by atoms with van der Waals surface area (Å²) in [4.78, 5) is 21.1. The molecule has 0 N–H and O–H groups in total. The quantitative estimate of drug-likeness (QED) is 0.346. The lowest BCUT2D eigenvalue weighted by Crippen LogP contribution is -2.30. The highest BCUT2D eigenvalue weighted by molar-refractivity contribution is 8.00. The number of hydrogen-bond donors (Lipinski definition) is 0. The van der Waals surface area contributed by atoms with E-state index in [0.717, 1.165) is 20.8 Å². The number of sulfonamides is 1. The molecule has 6 nitrogen and oxygen atoms in total. The fourth-order valence-corrected chi connectivity index (χ4v) is 6.08. The lowest BCUT2D eigenvalue weighted by molar-refractivity contribution is 0.102. The lowest BCUT2D eigenvalue weighted by Gasteiger charge is -2.18. The molecule has 0 aliphatic carbocycles. The molecule has 0 saturated heterocycles. The highest BCUT2D eigenvalue weighted by Crippen LogP contribution is 2.32. The highest BCUT2D eigenvalue weighted by atomic mass is 32.2. The maximum atomic E-state index is 12.6. The van der Waals surface area contributed by atoms with Crippen LogP contribution in [0.3, 0.4) is 0 Å². The Bertz CT molecular complexity index is 1130. The Kier molecular flexibility index (Phi) is 4.92. The molecule has 3 aromatic rings. The van der Waals surface area contributed by atoms with Gasteiger partial charge >= 0.3 is 0 Å². The summed E-state index contributed by atoms with van der Waals surface area (Å²) >= 11 is 2.97. The number of carbonyl (C=O) groups is 1. The summed E-state index contributed by atoms with van der Waals surface area (Å²) in [5.74, 6) is 0.350. The van der Waals surface area contributed by atoms with Crippen molar-refractivity contribution in [3.63, 3.8) is 0 Å². The number of fused-ring (bicyclic) bond motifs is 2. The average Bonchev–Trinajstić information content (AvgIpc) is 3.32. The first-order valence-electron chi connectivity index (χ1n) is 8.47. The van der Waals surface area contributed by atoms with Crippen molar-refractivity contribution >= 4 is 54.8 Å². The van der Waals surface area contributed by atoms with Gasteiger partial charge in [0.2, 0.25) is 10.0 Å². The second kappa shape index (κ2) is 7.21. The standard InChI is InChI=1S/C18H17N3O3S3/c1-2-27(23,24)21-7-5-12-9-13(3-4-15(12)21)16(22)10-26-18-17-14(6-8-25-17)19-11-20-18/h3-4,6,8-9,11H,2,5,7,10H2,1H3. The molecule has 0 spiro atoms. The summed E-state index contributed by atoms with van der Waals surface area (Å²) < 4.78 is 26.8. The number of aromatic nitrogens is 2. The zero-order chi connectivity index (χ0) is 19.0. The van der Waals surface area contributed by atoms with Gasteiger partial charge in [0.05, 0.1) is 27.4 Å². The predicted molar refractivity (Wildman–Crippen MR) is 109 cm³/mol. The van der Waals surface area contributed by atoms with Crippen molar-refractivity contribution in [1.82, 2.24) is 9.97 Å². The Labute approximate surface area is 165 Å². The number of hydrogen-bond acceptors (Lipinski definition) is 7. The maximum Gasteiger partial charge on any atom is 0.234 e. The van der Waals surface area contributed by atoms with Crippen LogP contribution in [0.5, 0.6) is 0 Å². The largest absolute Gasteiger partial charge is 0.293 e. The van der Waals surface area contributed by atoms with E-state index in [9.17, 15) is 13.2 Å². The van der Waals surface area contributed by atoms with E-state index >= 15 is 0 Å². The van der Waals surface area contributed by atoms with Gasteiger partial charge in [-0.3, -0.25) is 9.10 Å². The van der Waals surface area contributed by atoms with Crippen molar-refractivity contribution in [3.8, 4) is 0 Å². The number of thioether (sulfide) groups is 1. The number of anilines is 1. The predicted octanol–water partition coefficient (Wildman–Crippen LogP) is 3.38. The highest BCUT2D eigenvalue weighted by Gasteiger charge is 2.28. The molecule has 4 rings (SSSR count). The molecule has 2 aromatic heterocycles. The van der Waals surface area contributed by atoms with E-state index in [-0.39, 0.29) is 17.3 Å². The third-order valence-corrected chi connectivity index (χ3v) is 8.31. The fraction of sp³-hybridized carbons (Fsp3) is 0.278. The number of carbonyl (C=O) groups excluding carboxylic acids is 1. The summed E-state index contributed by atoms with van der Waals surface area (Å²) in [7, 11) is -3.27. The first kappa shape index (κ1) is 18.4. The number of ketones is 1. The molecule has 0 unspecified atom stereocenters. The van der Waals surface area contributed by atoms with E-state index in [4.69, 9.17) is 0 Å². The van der Waals surface area contributed by atoms with Crippen molar-refractivity contribution in [2.45, 2.75) is 18.4 Å². The number of benzene rings is 1. The molecule has 1 aromatic carbocycles. The van der Waals surface area contributed by atoms with Crippen molar-refractivity contribution in [3.05, 3.63) is 47.1 Å². The van der Waals surface area contributed by atoms with Crippen LogP contribution >= 0.6 is 23.1 Å².